The van der Waals surface area contributed by atoms with Crippen LogP contribution < -0.4 is 4.72 Å². The van der Waals surface area contributed by atoms with E-state index in [-0.39, 0.29) is 16.5 Å². The Morgan fingerprint density at radius 1 is 1.24 bits per heavy atom. The highest BCUT2D eigenvalue weighted by Crippen LogP contribution is 2.34. The molecule has 1 aromatic rings. The Bertz CT molecular complexity index is 626. The zero-order chi connectivity index (χ0) is 15.8. The molecule has 0 amide bonds. The molecule has 0 aliphatic heterocycles. The molecule has 1 aromatic carbocycles. The van der Waals surface area contributed by atoms with Crippen LogP contribution in [0.1, 0.15) is 37.3 Å². The highest BCUT2D eigenvalue weighted by atomic mass is 32.2. The van der Waals surface area contributed by atoms with Gasteiger partial charge in [0.05, 0.1) is 10.5 Å². The average Bonchev–Trinajstić information content (AvgIpc) is 2.72. The van der Waals surface area contributed by atoms with E-state index in [1.807, 2.05) is 6.92 Å². The summed E-state index contributed by atoms with van der Waals surface area (Å²) in [4.78, 5) is -0.295. The lowest BCUT2D eigenvalue weighted by Gasteiger charge is -2.17. The minimum Gasteiger partial charge on any atom is -0.208 e. The van der Waals surface area contributed by atoms with Crippen molar-refractivity contribution in [1.82, 2.24) is 4.72 Å². The fraction of sp³-hybridized carbons (Fsp3) is 0.571. The number of alkyl halides is 3. The van der Waals surface area contributed by atoms with Gasteiger partial charge >= 0.3 is 6.18 Å². The van der Waals surface area contributed by atoms with E-state index in [2.05, 4.69) is 4.72 Å². The molecule has 0 heterocycles. The molecule has 0 radical (unpaired) electrons. The smallest absolute Gasteiger partial charge is 0.208 e. The fourth-order valence-electron chi connectivity index (χ4n) is 2.81. The molecule has 21 heavy (non-hydrogen) atoms. The molecule has 0 aromatic heterocycles. The quantitative estimate of drug-likeness (QED) is 0.926. The van der Waals surface area contributed by atoms with Crippen LogP contribution in [-0.2, 0) is 16.2 Å². The SMILES string of the molecule is Cc1c(C(F)(F)F)cccc1S(=O)(=O)NC1CCC(C)C1. The van der Waals surface area contributed by atoms with E-state index in [4.69, 9.17) is 0 Å². The number of hydrogen-bond acceptors (Lipinski definition) is 2. The minimum absolute atomic E-state index is 0.195. The lowest BCUT2D eigenvalue weighted by molar-refractivity contribution is -0.138. The maximum Gasteiger partial charge on any atom is 0.416 e. The molecule has 2 atom stereocenters. The third-order valence-corrected chi connectivity index (χ3v) is 5.56. The summed E-state index contributed by atoms with van der Waals surface area (Å²) in [5, 5.41) is 0. The van der Waals surface area contributed by atoms with Gasteiger partial charge in [-0.3, -0.25) is 0 Å². The van der Waals surface area contributed by atoms with Crippen molar-refractivity contribution in [2.75, 3.05) is 0 Å². The molecule has 2 rings (SSSR count). The summed E-state index contributed by atoms with van der Waals surface area (Å²) in [6, 6.07) is 3.04. The van der Waals surface area contributed by atoms with Crippen molar-refractivity contribution in [3.63, 3.8) is 0 Å². The van der Waals surface area contributed by atoms with Gasteiger partial charge in [-0.1, -0.05) is 13.0 Å². The second kappa shape index (κ2) is 5.61. The summed E-state index contributed by atoms with van der Waals surface area (Å²) in [6.45, 7) is 3.22. The predicted molar refractivity (Wildman–Crippen MR) is 73.3 cm³/mol. The second-order valence-corrected chi connectivity index (χ2v) is 7.35. The molecule has 1 N–H and O–H groups in total. The normalized spacial score (nSPS) is 23.5. The van der Waals surface area contributed by atoms with E-state index >= 15 is 0 Å². The Morgan fingerprint density at radius 2 is 1.90 bits per heavy atom. The van der Waals surface area contributed by atoms with Gasteiger partial charge in [-0.15, -0.1) is 0 Å². The molecular weight excluding hydrogens is 303 g/mol. The molecule has 0 spiro atoms. The van der Waals surface area contributed by atoms with Gasteiger partial charge in [0.2, 0.25) is 10.0 Å². The maximum absolute atomic E-state index is 12.9. The van der Waals surface area contributed by atoms with Crippen molar-refractivity contribution in [3.8, 4) is 0 Å². The third-order valence-electron chi connectivity index (χ3n) is 3.90. The van der Waals surface area contributed by atoms with Gasteiger partial charge in [0, 0.05) is 6.04 Å². The molecule has 1 saturated carbocycles. The van der Waals surface area contributed by atoms with Gasteiger partial charge in [-0.25, -0.2) is 13.1 Å². The summed E-state index contributed by atoms with van der Waals surface area (Å²) in [5.41, 5.74) is -1.17. The van der Waals surface area contributed by atoms with Crippen LogP contribution in [0, 0.1) is 12.8 Å². The van der Waals surface area contributed by atoms with E-state index < -0.39 is 21.8 Å². The Kier molecular flexibility index (Phi) is 4.35. The molecule has 3 nitrogen and oxygen atoms in total. The highest BCUT2D eigenvalue weighted by molar-refractivity contribution is 7.89. The number of hydrogen-bond donors (Lipinski definition) is 1. The van der Waals surface area contributed by atoms with Crippen LogP contribution in [-0.4, -0.2) is 14.5 Å². The van der Waals surface area contributed by atoms with Crippen LogP contribution in [0.5, 0.6) is 0 Å². The number of rotatable bonds is 3. The molecule has 1 aliphatic carbocycles. The fourth-order valence-corrected chi connectivity index (χ4v) is 4.36. The lowest BCUT2D eigenvalue weighted by atomic mass is 10.1. The van der Waals surface area contributed by atoms with Gasteiger partial charge < -0.3 is 0 Å². The molecular formula is C14H18F3NO2S. The summed E-state index contributed by atoms with van der Waals surface area (Å²) >= 11 is 0. The molecule has 0 saturated heterocycles. The molecule has 1 fully saturated rings. The van der Waals surface area contributed by atoms with Crippen LogP contribution in [0.4, 0.5) is 13.2 Å². The van der Waals surface area contributed by atoms with Crippen LogP contribution >= 0.6 is 0 Å². The van der Waals surface area contributed by atoms with Crippen molar-refractivity contribution in [3.05, 3.63) is 29.3 Å². The molecule has 7 heteroatoms. The van der Waals surface area contributed by atoms with Crippen molar-refractivity contribution in [1.29, 1.82) is 0 Å². The zero-order valence-corrected chi connectivity index (χ0v) is 12.7. The van der Waals surface area contributed by atoms with Crippen LogP contribution in [0.3, 0.4) is 0 Å². The Morgan fingerprint density at radius 3 is 2.43 bits per heavy atom. The largest absolute Gasteiger partial charge is 0.416 e. The topological polar surface area (TPSA) is 46.2 Å². The minimum atomic E-state index is -4.56. The first kappa shape index (κ1) is 16.3. The monoisotopic (exact) mass is 321 g/mol. The second-order valence-electron chi connectivity index (χ2n) is 5.66. The van der Waals surface area contributed by atoms with E-state index in [9.17, 15) is 21.6 Å². The summed E-state index contributed by atoms with van der Waals surface area (Å²) in [5.74, 6) is 0.431. The van der Waals surface area contributed by atoms with Gasteiger partial charge in [0.25, 0.3) is 0 Å². The summed E-state index contributed by atoms with van der Waals surface area (Å²) < 4.78 is 65.7. The van der Waals surface area contributed by atoms with Crippen LogP contribution in [0.25, 0.3) is 0 Å². The number of nitrogens with one attached hydrogen (secondary N) is 1. The van der Waals surface area contributed by atoms with E-state index in [0.717, 1.165) is 31.4 Å². The van der Waals surface area contributed by atoms with Crippen molar-refractivity contribution in [2.24, 2.45) is 5.92 Å². The Hall–Kier alpha value is -1.08. The number of benzene rings is 1. The molecule has 2 unspecified atom stereocenters. The van der Waals surface area contributed by atoms with E-state index in [1.54, 1.807) is 0 Å². The zero-order valence-electron chi connectivity index (χ0n) is 11.9. The summed E-state index contributed by atoms with van der Waals surface area (Å²) in [7, 11) is -3.93. The molecule has 0 bridgehead atoms. The Labute approximate surface area is 122 Å². The van der Waals surface area contributed by atoms with Crippen molar-refractivity contribution >= 4 is 10.0 Å². The first-order valence-electron chi connectivity index (χ1n) is 6.80. The van der Waals surface area contributed by atoms with E-state index in [1.165, 1.54) is 13.0 Å². The van der Waals surface area contributed by atoms with Gasteiger partial charge in [-0.05, 0) is 49.8 Å². The number of sulfonamides is 1. The standard InChI is InChI=1S/C14H18F3NO2S/c1-9-6-7-11(8-9)18-21(19,20)13-5-3-4-12(10(13)2)14(15,16)17/h3-5,9,11,18H,6-8H2,1-2H3. The van der Waals surface area contributed by atoms with Gasteiger partial charge in [0.1, 0.15) is 0 Å². The van der Waals surface area contributed by atoms with Crippen LogP contribution in [0.15, 0.2) is 23.1 Å². The predicted octanol–water partition coefficient (Wildman–Crippen LogP) is 3.48. The average molecular weight is 321 g/mol. The van der Waals surface area contributed by atoms with Gasteiger partial charge in [-0.2, -0.15) is 13.2 Å². The van der Waals surface area contributed by atoms with Gasteiger partial charge in [0.15, 0.2) is 0 Å². The first-order chi connectivity index (χ1) is 9.61. The Balaban J connectivity index is 2.32. The highest BCUT2D eigenvalue weighted by Gasteiger charge is 2.35. The van der Waals surface area contributed by atoms with E-state index in [0.29, 0.717) is 5.92 Å². The summed E-state index contributed by atoms with van der Waals surface area (Å²) in [6.07, 6.45) is -2.19. The van der Waals surface area contributed by atoms with Crippen molar-refractivity contribution in [2.45, 2.75) is 50.2 Å². The first-order valence-corrected chi connectivity index (χ1v) is 8.28. The number of halogens is 3. The molecule has 1 aliphatic rings. The molecule has 118 valence electrons. The van der Waals surface area contributed by atoms with Crippen molar-refractivity contribution < 1.29 is 21.6 Å². The van der Waals surface area contributed by atoms with Crippen LogP contribution in [0.2, 0.25) is 0 Å². The lowest BCUT2D eigenvalue weighted by Crippen LogP contribution is -2.33. The maximum atomic E-state index is 12.9. The third kappa shape index (κ3) is 3.58.